The minimum absolute atomic E-state index is 0.0539. The van der Waals surface area contributed by atoms with E-state index < -0.39 is 24.5 Å². The zero-order chi connectivity index (χ0) is 22.4. The van der Waals surface area contributed by atoms with Gasteiger partial charge in [-0.15, -0.1) is 0 Å². The fraction of sp³-hybridized carbons (Fsp3) is 0.476. The van der Waals surface area contributed by atoms with Gasteiger partial charge in [0.05, 0.1) is 18.2 Å². The number of nitrogens with zero attached hydrogens (tertiary/aromatic N) is 1. The molecule has 0 saturated heterocycles. The summed E-state index contributed by atoms with van der Waals surface area (Å²) < 4.78 is 0. The highest BCUT2D eigenvalue weighted by atomic mass is 32.2. The number of amides is 3. The van der Waals surface area contributed by atoms with E-state index in [0.29, 0.717) is 22.0 Å². The summed E-state index contributed by atoms with van der Waals surface area (Å²) in [7, 11) is 0. The molecule has 166 valence electrons. The van der Waals surface area contributed by atoms with Gasteiger partial charge in [-0.3, -0.25) is 24.7 Å². The SMILES string of the molecule is CC1CSC(NC(=O)Nc2ccc(CC(=O)NCC(=O)O)cc2C(=O)C2CCCC2)=N1. The molecule has 9 nitrogen and oxygen atoms in total. The minimum Gasteiger partial charge on any atom is -0.480 e. The lowest BCUT2D eigenvalue weighted by molar-refractivity contribution is -0.137. The standard InChI is InChI=1S/C21H26N4O5S/c1-12-11-31-21(23-12)25-20(30)24-16-7-6-13(9-17(26)22-10-18(27)28)8-15(16)19(29)14-4-2-3-5-14/h6-8,12,14H,2-5,9-11H2,1H3,(H,22,26)(H,27,28)(H2,23,24,25,30). The molecule has 1 aliphatic carbocycles. The highest BCUT2D eigenvalue weighted by Gasteiger charge is 2.27. The Morgan fingerprint density at radius 2 is 1.90 bits per heavy atom. The Balaban J connectivity index is 1.75. The second-order valence-corrected chi connectivity index (χ2v) is 8.75. The highest BCUT2D eigenvalue weighted by Crippen LogP contribution is 2.31. The lowest BCUT2D eigenvalue weighted by Crippen LogP contribution is -2.33. The van der Waals surface area contributed by atoms with Crippen molar-refractivity contribution in [2.24, 2.45) is 10.9 Å². The number of Topliss-reactive ketones (excluding diaryl/α,β-unsaturated/α-hetero) is 1. The van der Waals surface area contributed by atoms with Crippen LogP contribution in [0, 0.1) is 5.92 Å². The van der Waals surface area contributed by atoms with E-state index in [4.69, 9.17) is 5.11 Å². The lowest BCUT2D eigenvalue weighted by atomic mass is 9.93. The van der Waals surface area contributed by atoms with Gasteiger partial charge in [0.2, 0.25) is 5.91 Å². The molecule has 1 atom stereocenters. The number of hydrogen-bond donors (Lipinski definition) is 4. The number of carbonyl (C=O) groups excluding carboxylic acids is 3. The molecule has 4 N–H and O–H groups in total. The normalized spacial score (nSPS) is 18.4. The van der Waals surface area contributed by atoms with Crippen molar-refractivity contribution in [2.75, 3.05) is 17.6 Å². The average Bonchev–Trinajstić information content (AvgIpc) is 3.39. The van der Waals surface area contributed by atoms with E-state index in [1.807, 2.05) is 6.92 Å². The Morgan fingerprint density at radius 3 is 2.55 bits per heavy atom. The molecule has 3 rings (SSSR count). The fourth-order valence-corrected chi connectivity index (χ4v) is 4.53. The first-order valence-corrected chi connectivity index (χ1v) is 11.2. The summed E-state index contributed by atoms with van der Waals surface area (Å²) in [6.45, 7) is 1.50. The molecular formula is C21H26N4O5S. The van der Waals surface area contributed by atoms with Crippen molar-refractivity contribution >= 4 is 46.3 Å². The van der Waals surface area contributed by atoms with Gasteiger partial charge in [0.15, 0.2) is 11.0 Å². The van der Waals surface area contributed by atoms with Gasteiger partial charge in [-0.2, -0.15) is 0 Å². The van der Waals surface area contributed by atoms with Crippen molar-refractivity contribution in [1.29, 1.82) is 0 Å². The van der Waals surface area contributed by atoms with E-state index in [1.165, 1.54) is 11.8 Å². The smallest absolute Gasteiger partial charge is 0.325 e. The summed E-state index contributed by atoms with van der Waals surface area (Å²) in [5.41, 5.74) is 1.31. The number of ketones is 1. The minimum atomic E-state index is -1.13. The van der Waals surface area contributed by atoms with E-state index >= 15 is 0 Å². The van der Waals surface area contributed by atoms with Crippen LogP contribution in [0.25, 0.3) is 0 Å². The summed E-state index contributed by atoms with van der Waals surface area (Å²) >= 11 is 1.46. The van der Waals surface area contributed by atoms with Gasteiger partial charge < -0.3 is 15.7 Å². The Labute approximate surface area is 184 Å². The van der Waals surface area contributed by atoms with E-state index in [2.05, 4.69) is 20.9 Å². The molecular weight excluding hydrogens is 420 g/mol. The van der Waals surface area contributed by atoms with Crippen molar-refractivity contribution in [3.63, 3.8) is 0 Å². The van der Waals surface area contributed by atoms with Crippen LogP contribution >= 0.6 is 11.8 Å². The number of amidine groups is 1. The fourth-order valence-electron chi connectivity index (χ4n) is 3.64. The predicted octanol–water partition coefficient (Wildman–Crippen LogP) is 2.42. The largest absolute Gasteiger partial charge is 0.480 e. The molecule has 1 aromatic carbocycles. The van der Waals surface area contributed by atoms with Gasteiger partial charge in [0.1, 0.15) is 6.54 Å². The molecule has 1 fully saturated rings. The number of thioether (sulfide) groups is 1. The van der Waals surface area contributed by atoms with Crippen molar-refractivity contribution in [1.82, 2.24) is 10.6 Å². The number of hydrogen-bond acceptors (Lipinski definition) is 6. The molecule has 1 saturated carbocycles. The Bertz CT molecular complexity index is 911. The number of carboxylic acid groups (broad SMARTS) is 1. The maximum atomic E-state index is 13.1. The topological polar surface area (TPSA) is 137 Å². The molecule has 1 aliphatic heterocycles. The molecule has 0 radical (unpaired) electrons. The van der Waals surface area contributed by atoms with Crippen LogP contribution < -0.4 is 16.0 Å². The summed E-state index contributed by atoms with van der Waals surface area (Å²) in [5.74, 6) is -0.933. The molecule has 3 amide bonds. The second-order valence-electron chi connectivity index (χ2n) is 7.75. The molecule has 31 heavy (non-hydrogen) atoms. The van der Waals surface area contributed by atoms with Gasteiger partial charge in [-0.1, -0.05) is 30.7 Å². The van der Waals surface area contributed by atoms with E-state index in [9.17, 15) is 19.2 Å². The monoisotopic (exact) mass is 446 g/mol. The number of urea groups is 1. The summed E-state index contributed by atoms with van der Waals surface area (Å²) in [4.78, 5) is 52.5. The van der Waals surface area contributed by atoms with Crippen LogP contribution in [0.3, 0.4) is 0 Å². The lowest BCUT2D eigenvalue weighted by Gasteiger charge is -2.15. The third-order valence-corrected chi connectivity index (χ3v) is 6.27. The third-order valence-electron chi connectivity index (χ3n) is 5.14. The Morgan fingerprint density at radius 1 is 1.16 bits per heavy atom. The molecule has 1 heterocycles. The number of carboxylic acids is 1. The molecule has 0 bridgehead atoms. The zero-order valence-corrected chi connectivity index (χ0v) is 18.1. The number of rotatable bonds is 7. The van der Waals surface area contributed by atoms with Crippen LogP contribution in [0.5, 0.6) is 0 Å². The third kappa shape index (κ3) is 6.55. The predicted molar refractivity (Wildman–Crippen MR) is 119 cm³/mol. The van der Waals surface area contributed by atoms with Crippen LogP contribution in [0.4, 0.5) is 10.5 Å². The van der Waals surface area contributed by atoms with Crippen LogP contribution in [-0.2, 0) is 16.0 Å². The molecule has 0 spiro atoms. The van der Waals surface area contributed by atoms with Gasteiger partial charge in [-0.05, 0) is 37.5 Å². The van der Waals surface area contributed by atoms with Crippen molar-refractivity contribution < 1.29 is 24.3 Å². The Kier molecular flexibility index (Phi) is 7.67. The maximum absolute atomic E-state index is 13.1. The number of anilines is 1. The van der Waals surface area contributed by atoms with Crippen LogP contribution in [0.2, 0.25) is 0 Å². The molecule has 1 unspecified atom stereocenters. The van der Waals surface area contributed by atoms with Gasteiger partial charge in [0, 0.05) is 17.2 Å². The number of aliphatic imine (C=N–C) groups is 1. The summed E-state index contributed by atoms with van der Waals surface area (Å²) in [6, 6.07) is 4.53. The second kappa shape index (κ2) is 10.4. The van der Waals surface area contributed by atoms with Crippen molar-refractivity contribution in [3.8, 4) is 0 Å². The van der Waals surface area contributed by atoms with E-state index in [0.717, 1.165) is 31.4 Å². The number of benzene rings is 1. The first-order chi connectivity index (χ1) is 14.8. The molecule has 1 aromatic rings. The van der Waals surface area contributed by atoms with Crippen LogP contribution in [-0.4, -0.2) is 52.3 Å². The van der Waals surface area contributed by atoms with Gasteiger partial charge in [-0.25, -0.2) is 4.79 Å². The first kappa shape index (κ1) is 22.8. The quantitative estimate of drug-likeness (QED) is 0.475. The zero-order valence-electron chi connectivity index (χ0n) is 17.3. The Hall–Kier alpha value is -2.88. The molecule has 10 heteroatoms. The molecule has 2 aliphatic rings. The van der Waals surface area contributed by atoms with Crippen LogP contribution in [0.15, 0.2) is 23.2 Å². The maximum Gasteiger partial charge on any atom is 0.325 e. The van der Waals surface area contributed by atoms with Crippen molar-refractivity contribution in [2.45, 2.75) is 45.1 Å². The summed E-state index contributed by atoms with van der Waals surface area (Å²) in [5, 5.41) is 17.0. The highest BCUT2D eigenvalue weighted by molar-refractivity contribution is 8.14. The molecule has 0 aromatic heterocycles. The number of aliphatic carboxylic acids is 1. The van der Waals surface area contributed by atoms with Gasteiger partial charge >= 0.3 is 12.0 Å². The van der Waals surface area contributed by atoms with E-state index in [1.54, 1.807) is 18.2 Å². The number of nitrogens with one attached hydrogen (secondary N) is 3. The van der Waals surface area contributed by atoms with Crippen molar-refractivity contribution in [3.05, 3.63) is 29.3 Å². The van der Waals surface area contributed by atoms with Gasteiger partial charge in [0.25, 0.3) is 0 Å². The van der Waals surface area contributed by atoms with Crippen LogP contribution in [0.1, 0.15) is 48.5 Å². The average molecular weight is 447 g/mol. The van der Waals surface area contributed by atoms with E-state index in [-0.39, 0.29) is 24.2 Å². The summed E-state index contributed by atoms with van der Waals surface area (Å²) in [6.07, 6.45) is 3.53. The first-order valence-electron chi connectivity index (χ1n) is 10.3. The number of carbonyl (C=O) groups is 4.